The summed E-state index contributed by atoms with van der Waals surface area (Å²) >= 11 is 0. The van der Waals surface area contributed by atoms with Crippen molar-refractivity contribution >= 4 is 38.5 Å². The highest BCUT2D eigenvalue weighted by molar-refractivity contribution is 6.15. The highest BCUT2D eigenvalue weighted by atomic mass is 15.1. The molecule has 168 valence electrons. The molecule has 0 N–H and O–H groups in total. The number of benzene rings is 4. The van der Waals surface area contributed by atoms with Crippen LogP contribution < -0.4 is 0 Å². The van der Waals surface area contributed by atoms with Crippen LogP contribution in [0.3, 0.4) is 0 Å². The minimum Gasteiger partial charge on any atom is -0.292 e. The second-order valence-electron chi connectivity index (χ2n) is 9.10. The SMILES string of the molecule is c1ccc(-c2nc3c(-c4nc5cccc6c7ccccc7c4n56)cccc3n2-c2ccccc2)cc1. The van der Waals surface area contributed by atoms with Crippen molar-refractivity contribution in [2.75, 3.05) is 0 Å². The van der Waals surface area contributed by atoms with Crippen molar-refractivity contribution in [2.45, 2.75) is 0 Å². The Morgan fingerprint density at radius 2 is 1.22 bits per heavy atom. The van der Waals surface area contributed by atoms with Gasteiger partial charge in [-0.3, -0.25) is 8.97 Å². The van der Waals surface area contributed by atoms with Crippen molar-refractivity contribution in [2.24, 2.45) is 0 Å². The van der Waals surface area contributed by atoms with Gasteiger partial charge >= 0.3 is 0 Å². The molecule has 4 heterocycles. The number of imidazole rings is 2. The topological polar surface area (TPSA) is 35.1 Å². The molecule has 0 aliphatic rings. The van der Waals surface area contributed by atoms with E-state index in [2.05, 4.69) is 118 Å². The maximum Gasteiger partial charge on any atom is 0.145 e. The molecule has 4 nitrogen and oxygen atoms in total. The smallest absolute Gasteiger partial charge is 0.145 e. The van der Waals surface area contributed by atoms with Gasteiger partial charge in [-0.25, -0.2) is 9.97 Å². The van der Waals surface area contributed by atoms with Gasteiger partial charge in [0.2, 0.25) is 0 Å². The molecule has 0 unspecified atom stereocenters. The van der Waals surface area contributed by atoms with Crippen LogP contribution in [0, 0.1) is 0 Å². The Balaban J connectivity index is 1.51. The van der Waals surface area contributed by atoms with Crippen LogP contribution in [0.5, 0.6) is 0 Å². The van der Waals surface area contributed by atoms with E-state index in [0.717, 1.165) is 50.5 Å². The van der Waals surface area contributed by atoms with Crippen molar-refractivity contribution in [3.63, 3.8) is 0 Å². The molecule has 0 radical (unpaired) electrons. The maximum absolute atomic E-state index is 5.27. The number of hydrogen-bond donors (Lipinski definition) is 0. The van der Waals surface area contributed by atoms with Gasteiger partial charge in [-0.05, 0) is 30.3 Å². The van der Waals surface area contributed by atoms with Crippen molar-refractivity contribution < 1.29 is 0 Å². The zero-order chi connectivity index (χ0) is 23.6. The van der Waals surface area contributed by atoms with Gasteiger partial charge in [0.05, 0.1) is 27.8 Å². The molecule has 36 heavy (non-hydrogen) atoms. The highest BCUT2D eigenvalue weighted by Gasteiger charge is 2.22. The molecule has 4 aromatic carbocycles. The number of fused-ring (bicyclic) bond motifs is 4. The quantitative estimate of drug-likeness (QED) is 0.270. The number of pyridine rings is 1. The van der Waals surface area contributed by atoms with Crippen LogP contribution >= 0.6 is 0 Å². The number of aromatic nitrogens is 4. The summed E-state index contributed by atoms with van der Waals surface area (Å²) in [6.45, 7) is 0. The first-order valence-corrected chi connectivity index (χ1v) is 12.1. The molecular weight excluding hydrogens is 440 g/mol. The van der Waals surface area contributed by atoms with Crippen LogP contribution in [0.2, 0.25) is 0 Å². The molecule has 0 saturated heterocycles. The van der Waals surface area contributed by atoms with E-state index in [-0.39, 0.29) is 0 Å². The molecule has 0 spiro atoms. The molecular formula is C32H20N4. The Morgan fingerprint density at radius 1 is 0.528 bits per heavy atom. The molecule has 0 saturated carbocycles. The Morgan fingerprint density at radius 3 is 2.06 bits per heavy atom. The van der Waals surface area contributed by atoms with E-state index in [1.54, 1.807) is 0 Å². The minimum absolute atomic E-state index is 0.922. The minimum atomic E-state index is 0.922. The predicted octanol–water partition coefficient (Wildman–Crippen LogP) is 7.75. The number of rotatable bonds is 3. The third-order valence-electron chi connectivity index (χ3n) is 7.09. The summed E-state index contributed by atoms with van der Waals surface area (Å²) in [5, 5.41) is 2.46. The molecule has 8 rings (SSSR count). The number of nitrogens with zero attached hydrogens (tertiary/aromatic N) is 4. The Labute approximate surface area is 207 Å². The number of hydrogen-bond acceptors (Lipinski definition) is 2. The van der Waals surface area contributed by atoms with Crippen molar-refractivity contribution in [1.82, 2.24) is 18.9 Å². The van der Waals surface area contributed by atoms with Crippen LogP contribution in [0.25, 0.3) is 66.8 Å². The molecule has 0 atom stereocenters. The van der Waals surface area contributed by atoms with Crippen LogP contribution in [0.4, 0.5) is 0 Å². The van der Waals surface area contributed by atoms with E-state index in [1.165, 1.54) is 16.3 Å². The zero-order valence-electron chi connectivity index (χ0n) is 19.3. The van der Waals surface area contributed by atoms with E-state index < -0.39 is 0 Å². The third-order valence-corrected chi connectivity index (χ3v) is 7.09. The van der Waals surface area contributed by atoms with Gasteiger partial charge in [-0.15, -0.1) is 0 Å². The summed E-state index contributed by atoms with van der Waals surface area (Å²) in [6, 6.07) is 42.2. The predicted molar refractivity (Wildman–Crippen MR) is 147 cm³/mol. The second-order valence-corrected chi connectivity index (χ2v) is 9.10. The largest absolute Gasteiger partial charge is 0.292 e. The van der Waals surface area contributed by atoms with Gasteiger partial charge in [-0.1, -0.05) is 91.0 Å². The summed E-state index contributed by atoms with van der Waals surface area (Å²) in [7, 11) is 0. The second kappa shape index (κ2) is 7.27. The molecule has 4 heteroatoms. The molecule has 0 aliphatic heterocycles. The average Bonchev–Trinajstić information content (AvgIpc) is 3.63. The summed E-state index contributed by atoms with van der Waals surface area (Å²) < 4.78 is 4.54. The lowest BCUT2D eigenvalue weighted by Crippen LogP contribution is -1.97. The fourth-order valence-corrected chi connectivity index (χ4v) is 5.56. The van der Waals surface area contributed by atoms with Crippen molar-refractivity contribution in [3.05, 3.63) is 121 Å². The van der Waals surface area contributed by atoms with E-state index in [0.29, 0.717) is 0 Å². The first-order chi connectivity index (χ1) is 17.9. The third kappa shape index (κ3) is 2.58. The fraction of sp³-hybridized carbons (Fsp3) is 0. The highest BCUT2D eigenvalue weighted by Crippen LogP contribution is 2.40. The number of para-hydroxylation sites is 2. The molecule has 0 fully saturated rings. The van der Waals surface area contributed by atoms with E-state index in [4.69, 9.17) is 9.97 Å². The van der Waals surface area contributed by atoms with Gasteiger partial charge in [0.15, 0.2) is 0 Å². The zero-order valence-corrected chi connectivity index (χ0v) is 19.3. The lowest BCUT2D eigenvalue weighted by molar-refractivity contribution is 1.10. The van der Waals surface area contributed by atoms with Gasteiger partial charge in [0, 0.05) is 27.6 Å². The van der Waals surface area contributed by atoms with Crippen LogP contribution in [-0.2, 0) is 0 Å². The summed E-state index contributed by atoms with van der Waals surface area (Å²) in [6.07, 6.45) is 0. The van der Waals surface area contributed by atoms with Crippen LogP contribution in [0.15, 0.2) is 121 Å². The first-order valence-electron chi connectivity index (χ1n) is 12.1. The van der Waals surface area contributed by atoms with Crippen LogP contribution in [-0.4, -0.2) is 18.9 Å². The molecule has 4 aromatic heterocycles. The first kappa shape index (κ1) is 19.4. The van der Waals surface area contributed by atoms with Crippen molar-refractivity contribution in [3.8, 4) is 28.3 Å². The van der Waals surface area contributed by atoms with E-state index >= 15 is 0 Å². The lowest BCUT2D eigenvalue weighted by atomic mass is 10.1. The van der Waals surface area contributed by atoms with Gasteiger partial charge in [-0.2, -0.15) is 0 Å². The standard InChI is InChI=1S/C32H20N4/c1-3-11-21(12-4-1)32-34-29-25(17-9-19-27(29)35(32)22-13-5-2-6-14-22)30-31-24-16-8-7-15-23(24)26-18-10-20-28(33-30)36(26)31/h1-20H. The molecule has 0 bridgehead atoms. The normalized spacial score (nSPS) is 11.9. The lowest BCUT2D eigenvalue weighted by Gasteiger charge is -2.09. The summed E-state index contributed by atoms with van der Waals surface area (Å²) in [5.41, 5.74) is 9.47. The van der Waals surface area contributed by atoms with E-state index in [9.17, 15) is 0 Å². The Bertz CT molecular complexity index is 2030. The Hall–Kier alpha value is -4.96. The van der Waals surface area contributed by atoms with Crippen molar-refractivity contribution in [1.29, 1.82) is 0 Å². The molecule has 0 aliphatic carbocycles. The summed E-state index contributed by atoms with van der Waals surface area (Å²) in [4.78, 5) is 10.4. The Kier molecular flexibility index (Phi) is 3.91. The monoisotopic (exact) mass is 460 g/mol. The van der Waals surface area contributed by atoms with E-state index in [1.807, 2.05) is 12.1 Å². The molecule has 0 amide bonds. The fourth-order valence-electron chi connectivity index (χ4n) is 5.56. The van der Waals surface area contributed by atoms with Gasteiger partial charge in [0.25, 0.3) is 0 Å². The molecule has 8 aromatic rings. The van der Waals surface area contributed by atoms with Gasteiger partial charge < -0.3 is 0 Å². The van der Waals surface area contributed by atoms with Gasteiger partial charge in [0.1, 0.15) is 11.5 Å². The maximum atomic E-state index is 5.27. The summed E-state index contributed by atoms with van der Waals surface area (Å²) in [5.74, 6) is 0.922. The average molecular weight is 461 g/mol. The van der Waals surface area contributed by atoms with Crippen LogP contribution in [0.1, 0.15) is 0 Å².